The number of nitrogens with zero attached hydrogens (tertiary/aromatic N) is 4. The molecule has 1 saturated heterocycles. The summed E-state index contributed by atoms with van der Waals surface area (Å²) in [6.45, 7) is 0.421. The monoisotopic (exact) mass is 481 g/mol. The molecule has 0 bridgehead atoms. The van der Waals surface area contributed by atoms with Crippen LogP contribution in [-0.4, -0.2) is 51.6 Å². The van der Waals surface area contributed by atoms with Crippen LogP contribution in [0, 0.1) is 22.6 Å². The molecule has 0 unspecified atom stereocenters. The van der Waals surface area contributed by atoms with Gasteiger partial charge in [0.15, 0.2) is 12.4 Å². The summed E-state index contributed by atoms with van der Waals surface area (Å²) in [5.74, 6) is -4.53. The Morgan fingerprint density at radius 1 is 1.23 bits per heavy atom. The van der Waals surface area contributed by atoms with E-state index in [0.29, 0.717) is 17.0 Å². The smallest absolute Gasteiger partial charge is 0.317 e. The molecule has 3 aromatic rings. The van der Waals surface area contributed by atoms with Crippen LogP contribution in [0.2, 0.25) is 0 Å². The number of aromatic amines is 1. The van der Waals surface area contributed by atoms with Crippen molar-refractivity contribution < 1.29 is 28.2 Å². The summed E-state index contributed by atoms with van der Waals surface area (Å²) in [6, 6.07) is 8.74. The van der Waals surface area contributed by atoms with Gasteiger partial charge in [-0.1, -0.05) is 0 Å². The van der Waals surface area contributed by atoms with Gasteiger partial charge in [-0.3, -0.25) is 9.59 Å². The zero-order chi connectivity index (χ0) is 25.2. The zero-order valence-corrected chi connectivity index (χ0v) is 18.4. The second-order valence-corrected chi connectivity index (χ2v) is 7.97. The van der Waals surface area contributed by atoms with E-state index in [1.54, 1.807) is 12.1 Å². The highest BCUT2D eigenvalue weighted by molar-refractivity contribution is 5.85. The molecular formula is C22H20FN7O5. The molecule has 0 spiro atoms. The Morgan fingerprint density at radius 3 is 2.51 bits per heavy atom. The van der Waals surface area contributed by atoms with Crippen LogP contribution in [-0.2, 0) is 29.6 Å². The number of imidazole rings is 1. The number of nitrogens with two attached hydrogens (primary N) is 2. The lowest BCUT2D eigenvalue weighted by atomic mass is 9.91. The maximum atomic E-state index is 13.5. The fourth-order valence-electron chi connectivity index (χ4n) is 3.43. The van der Waals surface area contributed by atoms with E-state index < -0.39 is 35.5 Å². The number of hydrogen-bond donors (Lipinski definition) is 3. The number of nitriles is 1. The number of esters is 1. The molecule has 12 nitrogen and oxygen atoms in total. The van der Waals surface area contributed by atoms with Crippen molar-refractivity contribution in [2.75, 3.05) is 25.6 Å². The van der Waals surface area contributed by atoms with Crippen molar-refractivity contribution in [3.63, 3.8) is 0 Å². The fraction of sp³-hybridized carbons (Fsp3) is 0.273. The fourth-order valence-corrected chi connectivity index (χ4v) is 3.43. The van der Waals surface area contributed by atoms with Crippen molar-refractivity contribution in [1.29, 1.82) is 5.26 Å². The molecule has 1 aliphatic rings. The molecule has 1 aliphatic heterocycles. The van der Waals surface area contributed by atoms with E-state index in [-0.39, 0.29) is 30.7 Å². The standard InChI is InChI=1S/C22H20FN7O5/c1-21(19(32)33-9-7-24)10-34-22(17(25)31,35-11-21)18-29-15(12-2-4-13(23)5-3-12)16(30-18)14-6-8-27-20(26)28-14/h2-6,8H,9-11H2,1H3,(H2,25,31)(H,29,30)(H2,26,27,28). The number of aromatic nitrogens is 4. The molecule has 3 heterocycles. The van der Waals surface area contributed by atoms with Gasteiger partial charge in [0.05, 0.1) is 30.3 Å². The van der Waals surface area contributed by atoms with Gasteiger partial charge in [0.2, 0.25) is 5.95 Å². The number of rotatable bonds is 6. The van der Waals surface area contributed by atoms with Crippen molar-refractivity contribution in [2.45, 2.75) is 12.7 Å². The van der Waals surface area contributed by atoms with E-state index in [1.165, 1.54) is 37.4 Å². The summed E-state index contributed by atoms with van der Waals surface area (Å²) in [7, 11) is 0. The Balaban J connectivity index is 1.77. The molecule has 180 valence electrons. The predicted molar refractivity (Wildman–Crippen MR) is 117 cm³/mol. The van der Waals surface area contributed by atoms with E-state index in [0.717, 1.165) is 0 Å². The SMILES string of the molecule is CC1(C(=O)OCC#N)COC(C(N)=O)(c2nc(-c3ccc(F)cc3)c(-c3ccnc(N)n3)[nH]2)OC1. The largest absolute Gasteiger partial charge is 0.450 e. The number of halogens is 1. The number of anilines is 1. The molecule has 35 heavy (non-hydrogen) atoms. The van der Waals surface area contributed by atoms with Gasteiger partial charge in [0.25, 0.3) is 5.91 Å². The quantitative estimate of drug-likeness (QED) is 0.428. The summed E-state index contributed by atoms with van der Waals surface area (Å²) >= 11 is 0. The Labute approximate surface area is 198 Å². The van der Waals surface area contributed by atoms with Crippen LogP contribution in [0.3, 0.4) is 0 Å². The van der Waals surface area contributed by atoms with Gasteiger partial charge in [0, 0.05) is 11.8 Å². The minimum absolute atomic E-state index is 0.00913. The first-order chi connectivity index (χ1) is 16.7. The first-order valence-electron chi connectivity index (χ1n) is 10.3. The van der Waals surface area contributed by atoms with E-state index >= 15 is 0 Å². The highest BCUT2D eigenvalue weighted by atomic mass is 19.1. The Bertz CT molecular complexity index is 1310. The molecular weight excluding hydrogens is 461 g/mol. The van der Waals surface area contributed by atoms with E-state index in [4.69, 9.17) is 30.9 Å². The molecule has 0 atom stereocenters. The van der Waals surface area contributed by atoms with Crippen LogP contribution in [0.25, 0.3) is 22.6 Å². The van der Waals surface area contributed by atoms with Gasteiger partial charge in [-0.25, -0.2) is 19.3 Å². The average molecular weight is 481 g/mol. The summed E-state index contributed by atoms with van der Waals surface area (Å²) in [6.07, 6.45) is 1.43. The number of amides is 1. The van der Waals surface area contributed by atoms with Gasteiger partial charge in [-0.05, 0) is 37.3 Å². The van der Waals surface area contributed by atoms with Crippen LogP contribution in [0.5, 0.6) is 0 Å². The number of carbonyl (C=O) groups excluding carboxylic acids is 2. The van der Waals surface area contributed by atoms with Gasteiger partial charge < -0.3 is 30.7 Å². The summed E-state index contributed by atoms with van der Waals surface area (Å²) < 4.78 is 29.8. The van der Waals surface area contributed by atoms with E-state index in [1.807, 2.05) is 0 Å². The molecule has 0 radical (unpaired) electrons. The molecule has 1 fully saturated rings. The number of hydrogen-bond acceptors (Lipinski definition) is 10. The van der Waals surface area contributed by atoms with Crippen molar-refractivity contribution in [3.05, 3.63) is 48.2 Å². The Hall–Kier alpha value is -4.41. The first kappa shape index (κ1) is 23.7. The minimum Gasteiger partial charge on any atom is -0.450 e. The summed E-state index contributed by atoms with van der Waals surface area (Å²) in [4.78, 5) is 40.4. The molecule has 1 aromatic carbocycles. The maximum absolute atomic E-state index is 13.5. The van der Waals surface area contributed by atoms with E-state index in [9.17, 15) is 14.0 Å². The highest BCUT2D eigenvalue weighted by Gasteiger charge is 2.54. The second kappa shape index (κ2) is 9.09. The normalized spacial score (nSPS) is 21.7. The number of primary amides is 1. The van der Waals surface area contributed by atoms with Crippen LogP contribution >= 0.6 is 0 Å². The van der Waals surface area contributed by atoms with Crippen molar-refractivity contribution >= 4 is 17.8 Å². The molecule has 4 rings (SSSR count). The van der Waals surface area contributed by atoms with Gasteiger partial charge in [-0.15, -0.1) is 0 Å². The number of nitrogens with one attached hydrogen (secondary N) is 1. The molecule has 13 heteroatoms. The number of carbonyl (C=O) groups is 2. The van der Waals surface area contributed by atoms with Gasteiger partial charge in [0.1, 0.15) is 17.3 Å². The predicted octanol–water partition coefficient (Wildman–Crippen LogP) is 1.01. The second-order valence-electron chi connectivity index (χ2n) is 7.97. The van der Waals surface area contributed by atoms with Crippen molar-refractivity contribution in [3.8, 4) is 28.7 Å². The van der Waals surface area contributed by atoms with Crippen LogP contribution < -0.4 is 11.5 Å². The van der Waals surface area contributed by atoms with E-state index in [2.05, 4.69) is 19.9 Å². The molecule has 0 saturated carbocycles. The highest BCUT2D eigenvalue weighted by Crippen LogP contribution is 2.39. The number of benzene rings is 1. The maximum Gasteiger partial charge on any atom is 0.317 e. The van der Waals surface area contributed by atoms with Gasteiger partial charge in [-0.2, -0.15) is 5.26 Å². The Kier molecular flexibility index (Phi) is 6.16. The van der Waals surface area contributed by atoms with Crippen molar-refractivity contribution in [2.24, 2.45) is 11.1 Å². The lowest BCUT2D eigenvalue weighted by molar-refractivity contribution is -0.293. The topological polar surface area (TPSA) is 192 Å². The average Bonchev–Trinajstić information content (AvgIpc) is 3.29. The molecule has 2 aromatic heterocycles. The number of H-pyrrole nitrogens is 1. The zero-order valence-electron chi connectivity index (χ0n) is 18.4. The number of ether oxygens (including phenoxy) is 3. The molecule has 0 aliphatic carbocycles. The Morgan fingerprint density at radius 2 is 1.91 bits per heavy atom. The third-order valence-corrected chi connectivity index (χ3v) is 5.34. The van der Waals surface area contributed by atoms with Crippen molar-refractivity contribution in [1.82, 2.24) is 19.9 Å². The third kappa shape index (κ3) is 4.39. The van der Waals surface area contributed by atoms with Crippen LogP contribution in [0.15, 0.2) is 36.5 Å². The number of nitrogen functional groups attached to an aromatic ring is 1. The minimum atomic E-state index is -2.18. The molecule has 5 N–H and O–H groups in total. The molecule has 1 amide bonds. The van der Waals surface area contributed by atoms with Crippen LogP contribution in [0.1, 0.15) is 12.7 Å². The van der Waals surface area contributed by atoms with Gasteiger partial charge >= 0.3 is 11.8 Å². The third-order valence-electron chi connectivity index (χ3n) is 5.34. The lowest BCUT2D eigenvalue weighted by Crippen LogP contribution is -2.56. The first-order valence-corrected chi connectivity index (χ1v) is 10.3. The summed E-state index contributed by atoms with van der Waals surface area (Å²) in [5.41, 5.74) is 11.5. The van der Waals surface area contributed by atoms with Crippen LogP contribution in [0.4, 0.5) is 10.3 Å². The summed E-state index contributed by atoms with van der Waals surface area (Å²) in [5, 5.41) is 8.65. The lowest BCUT2D eigenvalue weighted by Gasteiger charge is -2.40.